The fraction of sp³-hybridized carbons (Fsp3) is 0.643. The number of carboxylic acids is 1. The van der Waals surface area contributed by atoms with Gasteiger partial charge in [-0.2, -0.15) is 0 Å². The third kappa shape index (κ3) is 1.85. The SMILES string of the molecule is O=C(O)[C@@H]1[C@@H]2CCN(C(=O)c3scnc3C3CC3)C[C@@H]21. The van der Waals surface area contributed by atoms with Crippen LogP contribution in [0.25, 0.3) is 0 Å². The van der Waals surface area contributed by atoms with E-state index in [4.69, 9.17) is 5.11 Å². The number of likely N-dealkylation sites (tertiary alicyclic amines) is 1. The number of aromatic nitrogens is 1. The number of nitrogens with zero attached hydrogens (tertiary/aromatic N) is 2. The first kappa shape index (κ1) is 12.3. The summed E-state index contributed by atoms with van der Waals surface area (Å²) in [6.07, 6.45) is 3.09. The van der Waals surface area contributed by atoms with Crippen LogP contribution >= 0.6 is 11.3 Å². The van der Waals surface area contributed by atoms with Crippen LogP contribution in [-0.4, -0.2) is 40.0 Å². The first-order valence-corrected chi connectivity index (χ1v) is 8.00. The molecule has 1 aliphatic heterocycles. The van der Waals surface area contributed by atoms with Gasteiger partial charge in [-0.15, -0.1) is 11.3 Å². The lowest BCUT2D eigenvalue weighted by molar-refractivity contribution is -0.139. The van der Waals surface area contributed by atoms with Gasteiger partial charge in [-0.25, -0.2) is 4.98 Å². The van der Waals surface area contributed by atoms with Crippen LogP contribution < -0.4 is 0 Å². The minimum Gasteiger partial charge on any atom is -0.481 e. The van der Waals surface area contributed by atoms with Crippen molar-refractivity contribution < 1.29 is 14.7 Å². The van der Waals surface area contributed by atoms with Gasteiger partial charge in [0.2, 0.25) is 0 Å². The molecule has 3 aliphatic rings. The molecule has 5 nitrogen and oxygen atoms in total. The van der Waals surface area contributed by atoms with E-state index in [-0.39, 0.29) is 17.7 Å². The van der Waals surface area contributed by atoms with Crippen LogP contribution in [0.4, 0.5) is 0 Å². The van der Waals surface area contributed by atoms with Crippen LogP contribution in [-0.2, 0) is 4.79 Å². The molecule has 106 valence electrons. The molecule has 4 rings (SSSR count). The van der Waals surface area contributed by atoms with Crippen LogP contribution in [0.1, 0.15) is 40.5 Å². The van der Waals surface area contributed by atoms with Crippen molar-refractivity contribution in [2.24, 2.45) is 17.8 Å². The molecule has 1 aromatic rings. The summed E-state index contributed by atoms with van der Waals surface area (Å²) >= 11 is 1.42. The Kier molecular flexibility index (Phi) is 2.64. The Labute approximate surface area is 120 Å². The molecule has 1 amide bonds. The minimum absolute atomic E-state index is 0.0592. The molecule has 0 unspecified atom stereocenters. The van der Waals surface area contributed by atoms with Crippen LogP contribution in [0.3, 0.4) is 0 Å². The third-order valence-electron chi connectivity index (χ3n) is 4.82. The van der Waals surface area contributed by atoms with Gasteiger partial charge in [-0.1, -0.05) is 0 Å². The zero-order valence-corrected chi connectivity index (χ0v) is 11.8. The number of hydrogen-bond donors (Lipinski definition) is 1. The van der Waals surface area contributed by atoms with Crippen molar-refractivity contribution in [2.45, 2.75) is 25.2 Å². The van der Waals surface area contributed by atoms with Gasteiger partial charge in [0, 0.05) is 19.0 Å². The Morgan fingerprint density at radius 3 is 2.80 bits per heavy atom. The lowest BCUT2D eigenvalue weighted by atomic mass is 10.1. The molecule has 20 heavy (non-hydrogen) atoms. The second-order valence-electron chi connectivity index (χ2n) is 6.07. The third-order valence-corrected chi connectivity index (χ3v) is 5.65. The number of carbonyl (C=O) groups is 2. The van der Waals surface area contributed by atoms with E-state index < -0.39 is 5.97 Å². The van der Waals surface area contributed by atoms with E-state index in [1.165, 1.54) is 11.3 Å². The number of carbonyl (C=O) groups excluding carboxylic acids is 1. The fourth-order valence-electron chi connectivity index (χ4n) is 3.49. The smallest absolute Gasteiger partial charge is 0.307 e. The van der Waals surface area contributed by atoms with Crippen molar-refractivity contribution in [2.75, 3.05) is 13.1 Å². The summed E-state index contributed by atoms with van der Waals surface area (Å²) in [6, 6.07) is 0. The summed E-state index contributed by atoms with van der Waals surface area (Å²) in [5.41, 5.74) is 2.72. The minimum atomic E-state index is -0.703. The molecule has 2 heterocycles. The van der Waals surface area contributed by atoms with Crippen LogP contribution in [0.2, 0.25) is 0 Å². The Hall–Kier alpha value is -1.43. The molecular weight excluding hydrogens is 276 g/mol. The molecule has 1 N–H and O–H groups in total. The molecule has 3 atom stereocenters. The van der Waals surface area contributed by atoms with Crippen molar-refractivity contribution in [1.82, 2.24) is 9.88 Å². The van der Waals surface area contributed by atoms with Gasteiger partial charge >= 0.3 is 5.97 Å². The summed E-state index contributed by atoms with van der Waals surface area (Å²) < 4.78 is 0. The predicted octanol–water partition coefficient (Wildman–Crippen LogP) is 1.81. The summed E-state index contributed by atoms with van der Waals surface area (Å²) in [6.45, 7) is 1.29. The van der Waals surface area contributed by atoms with Crippen LogP contribution in [0.15, 0.2) is 5.51 Å². The van der Waals surface area contributed by atoms with Crippen molar-refractivity contribution in [1.29, 1.82) is 0 Å². The maximum Gasteiger partial charge on any atom is 0.307 e. The molecule has 0 bridgehead atoms. The molecule has 2 aliphatic carbocycles. The molecule has 1 saturated heterocycles. The van der Waals surface area contributed by atoms with Crippen molar-refractivity contribution in [3.63, 3.8) is 0 Å². The molecule has 3 fully saturated rings. The highest BCUT2D eigenvalue weighted by atomic mass is 32.1. The molecule has 2 saturated carbocycles. The molecular formula is C14H16N2O3S. The van der Waals surface area contributed by atoms with E-state index in [1.807, 2.05) is 4.90 Å². The van der Waals surface area contributed by atoms with E-state index in [0.717, 1.165) is 29.8 Å². The van der Waals surface area contributed by atoms with Gasteiger partial charge in [-0.05, 0) is 31.1 Å². The van der Waals surface area contributed by atoms with E-state index >= 15 is 0 Å². The van der Waals surface area contributed by atoms with E-state index in [2.05, 4.69) is 4.98 Å². The quantitative estimate of drug-likeness (QED) is 0.922. The molecule has 1 aromatic heterocycles. The molecule has 0 aromatic carbocycles. The zero-order valence-electron chi connectivity index (χ0n) is 11.0. The van der Waals surface area contributed by atoms with Crippen LogP contribution in [0, 0.1) is 17.8 Å². The second kappa shape index (κ2) is 4.28. The van der Waals surface area contributed by atoms with E-state index in [1.54, 1.807) is 5.51 Å². The number of rotatable bonds is 3. The zero-order chi connectivity index (χ0) is 13.9. The standard InChI is InChI=1S/C14H16N2O3S/c17-13(12-11(7-1-2-7)15-6-20-12)16-4-3-8-9(5-16)10(8)14(18)19/h6-10H,1-5H2,(H,18,19)/t8-,9+,10-/m1/s1. The van der Waals surface area contributed by atoms with Gasteiger partial charge in [-0.3, -0.25) is 9.59 Å². The van der Waals surface area contributed by atoms with Crippen molar-refractivity contribution in [3.8, 4) is 0 Å². The largest absolute Gasteiger partial charge is 0.481 e. The number of piperidine rings is 1. The summed E-state index contributed by atoms with van der Waals surface area (Å²) in [7, 11) is 0. The molecule has 0 radical (unpaired) electrons. The lowest BCUT2D eigenvalue weighted by Gasteiger charge is -2.25. The average molecular weight is 292 g/mol. The predicted molar refractivity (Wildman–Crippen MR) is 72.7 cm³/mol. The fourth-order valence-corrected chi connectivity index (χ4v) is 4.34. The van der Waals surface area contributed by atoms with Crippen molar-refractivity contribution in [3.05, 3.63) is 16.1 Å². The van der Waals surface area contributed by atoms with Crippen LogP contribution in [0.5, 0.6) is 0 Å². The highest BCUT2D eigenvalue weighted by Crippen LogP contribution is 2.52. The molecule has 6 heteroatoms. The summed E-state index contributed by atoms with van der Waals surface area (Å²) in [5.74, 6) is 0.0700. The topological polar surface area (TPSA) is 70.5 Å². The monoisotopic (exact) mass is 292 g/mol. The first-order valence-electron chi connectivity index (χ1n) is 7.12. The Morgan fingerprint density at radius 2 is 2.10 bits per heavy atom. The maximum absolute atomic E-state index is 12.6. The number of hydrogen-bond acceptors (Lipinski definition) is 4. The number of aliphatic carboxylic acids is 1. The summed E-state index contributed by atoms with van der Waals surface area (Å²) in [5, 5.41) is 9.11. The van der Waals surface area contributed by atoms with Gasteiger partial charge in [0.05, 0.1) is 17.1 Å². The van der Waals surface area contributed by atoms with Crippen molar-refractivity contribution >= 4 is 23.2 Å². The highest BCUT2D eigenvalue weighted by molar-refractivity contribution is 7.11. The lowest BCUT2D eigenvalue weighted by Crippen LogP contribution is -2.37. The Bertz CT molecular complexity index is 581. The highest BCUT2D eigenvalue weighted by Gasteiger charge is 2.57. The number of carboxylic acid groups (broad SMARTS) is 1. The summed E-state index contributed by atoms with van der Waals surface area (Å²) in [4.78, 5) is 30.6. The first-order chi connectivity index (χ1) is 9.66. The Balaban J connectivity index is 1.49. The Morgan fingerprint density at radius 1 is 1.30 bits per heavy atom. The van der Waals surface area contributed by atoms with Gasteiger partial charge < -0.3 is 10.0 Å². The number of fused-ring (bicyclic) bond motifs is 1. The average Bonchev–Trinajstić information content (AvgIpc) is 3.34. The van der Waals surface area contributed by atoms with Gasteiger partial charge in [0.25, 0.3) is 5.91 Å². The maximum atomic E-state index is 12.6. The van der Waals surface area contributed by atoms with Gasteiger partial charge in [0.15, 0.2) is 0 Å². The van der Waals surface area contributed by atoms with Gasteiger partial charge in [0.1, 0.15) is 4.88 Å². The second-order valence-corrected chi connectivity index (χ2v) is 6.93. The van der Waals surface area contributed by atoms with E-state index in [0.29, 0.717) is 24.9 Å². The van der Waals surface area contributed by atoms with E-state index in [9.17, 15) is 9.59 Å². The number of amides is 1. The normalized spacial score (nSPS) is 31.8. The number of thiazole rings is 1. The molecule has 0 spiro atoms.